The molecule has 1 amide bonds. The average Bonchev–Trinajstić information content (AvgIpc) is 2.38. The number of rotatable bonds is 3. The summed E-state index contributed by atoms with van der Waals surface area (Å²) in [5, 5.41) is 0. The predicted molar refractivity (Wildman–Crippen MR) is 68.7 cm³/mol. The zero-order valence-electron chi connectivity index (χ0n) is 12.3. The van der Waals surface area contributed by atoms with Crippen LogP contribution in [0.1, 0.15) is 45.4 Å². The Hall–Kier alpha value is -1.34. The molecule has 4 nitrogen and oxygen atoms in total. The van der Waals surface area contributed by atoms with Crippen LogP contribution in [0.15, 0.2) is 0 Å². The predicted octanol–water partition coefficient (Wildman–Crippen LogP) is 2.75. The highest BCUT2D eigenvalue weighted by Crippen LogP contribution is 2.40. The molecule has 126 valence electrons. The molecule has 1 atom stereocenters. The van der Waals surface area contributed by atoms with Gasteiger partial charge in [0.15, 0.2) is 0 Å². The van der Waals surface area contributed by atoms with Crippen LogP contribution in [0.25, 0.3) is 0 Å². The summed E-state index contributed by atoms with van der Waals surface area (Å²) < 4.78 is 58.4. The number of hydrogen-bond donors (Lipinski definition) is 0. The number of carbonyl (C=O) groups excluding carboxylic acids is 2. The van der Waals surface area contributed by atoms with E-state index in [1.54, 1.807) is 0 Å². The summed E-state index contributed by atoms with van der Waals surface area (Å²) >= 11 is 0. The molecule has 2 rings (SSSR count). The highest BCUT2D eigenvalue weighted by molar-refractivity contribution is 5.87. The van der Waals surface area contributed by atoms with Crippen molar-refractivity contribution in [2.75, 3.05) is 6.61 Å². The second-order valence-electron chi connectivity index (χ2n) is 5.89. The zero-order valence-corrected chi connectivity index (χ0v) is 12.3. The fraction of sp³-hybridized carbons (Fsp3) is 0.857. The molecule has 1 saturated carbocycles. The number of ether oxygens (including phenoxy) is 1. The van der Waals surface area contributed by atoms with E-state index in [-0.39, 0.29) is 19.4 Å². The zero-order chi connectivity index (χ0) is 16.5. The highest BCUT2D eigenvalue weighted by Gasteiger charge is 2.51. The molecule has 8 heteroatoms. The van der Waals surface area contributed by atoms with Gasteiger partial charge in [0.2, 0.25) is 11.8 Å². The molecule has 0 spiro atoms. The second-order valence-corrected chi connectivity index (χ2v) is 5.89. The fourth-order valence-corrected chi connectivity index (χ4v) is 3.14. The van der Waals surface area contributed by atoms with Gasteiger partial charge in [-0.2, -0.15) is 0 Å². The normalized spacial score (nSPS) is 28.5. The summed E-state index contributed by atoms with van der Waals surface area (Å²) in [7, 11) is 0. The van der Waals surface area contributed by atoms with E-state index in [0.717, 1.165) is 4.90 Å². The number of esters is 1. The summed E-state index contributed by atoms with van der Waals surface area (Å²) in [6.45, 7) is 1.54. The van der Waals surface area contributed by atoms with Gasteiger partial charge >= 0.3 is 5.97 Å². The number of hydrogen-bond acceptors (Lipinski definition) is 3. The molecular formula is C14H19F4NO3. The minimum Gasteiger partial charge on any atom is -0.464 e. The van der Waals surface area contributed by atoms with E-state index in [1.807, 2.05) is 0 Å². The molecule has 0 aromatic carbocycles. The summed E-state index contributed by atoms with van der Waals surface area (Å²) in [6.07, 6.45) is -2.62. The van der Waals surface area contributed by atoms with Gasteiger partial charge in [-0.3, -0.25) is 4.79 Å². The van der Waals surface area contributed by atoms with E-state index < -0.39 is 61.5 Å². The SMILES string of the molecule is CCOC(=O)C1CC(F)(F)CC(=O)N1C1CCC(F)(F)CC1. The molecule has 1 saturated heterocycles. The Balaban J connectivity index is 2.18. The molecule has 0 bridgehead atoms. The van der Waals surface area contributed by atoms with Crippen molar-refractivity contribution in [2.24, 2.45) is 0 Å². The van der Waals surface area contributed by atoms with Crippen molar-refractivity contribution in [2.45, 2.75) is 69.4 Å². The molecule has 2 fully saturated rings. The van der Waals surface area contributed by atoms with Gasteiger partial charge in [-0.25, -0.2) is 22.4 Å². The van der Waals surface area contributed by atoms with Crippen LogP contribution in [0.3, 0.4) is 0 Å². The van der Waals surface area contributed by atoms with E-state index in [9.17, 15) is 27.2 Å². The molecule has 0 aromatic rings. The van der Waals surface area contributed by atoms with Crippen LogP contribution in [-0.4, -0.2) is 47.3 Å². The van der Waals surface area contributed by atoms with Gasteiger partial charge in [-0.05, 0) is 19.8 Å². The first kappa shape index (κ1) is 17.0. The van der Waals surface area contributed by atoms with Crippen molar-refractivity contribution in [1.29, 1.82) is 0 Å². The fourth-order valence-electron chi connectivity index (χ4n) is 3.14. The van der Waals surface area contributed by atoms with Crippen LogP contribution in [0.2, 0.25) is 0 Å². The first-order chi connectivity index (χ1) is 10.2. The van der Waals surface area contributed by atoms with E-state index in [4.69, 9.17) is 4.74 Å². The molecular weight excluding hydrogens is 306 g/mol. The third kappa shape index (κ3) is 3.70. The Morgan fingerprint density at radius 2 is 1.82 bits per heavy atom. The lowest BCUT2D eigenvalue weighted by Crippen LogP contribution is -2.59. The lowest BCUT2D eigenvalue weighted by molar-refractivity contribution is -0.176. The summed E-state index contributed by atoms with van der Waals surface area (Å²) in [5.41, 5.74) is 0. The minimum atomic E-state index is -3.27. The standard InChI is InChI=1S/C14H19F4NO3/c1-2-22-12(21)10-7-14(17,18)8-11(20)19(10)9-3-5-13(15,16)6-4-9/h9-10H,2-8H2,1H3. The van der Waals surface area contributed by atoms with Gasteiger partial charge in [0.1, 0.15) is 6.04 Å². The second kappa shape index (κ2) is 6.04. The third-order valence-electron chi connectivity index (χ3n) is 4.16. The number of halogens is 4. The summed E-state index contributed by atoms with van der Waals surface area (Å²) in [6, 6.07) is -2.01. The lowest BCUT2D eigenvalue weighted by Gasteiger charge is -2.44. The Morgan fingerprint density at radius 3 is 2.36 bits per heavy atom. The topological polar surface area (TPSA) is 46.6 Å². The van der Waals surface area contributed by atoms with Crippen LogP contribution in [-0.2, 0) is 14.3 Å². The maximum absolute atomic E-state index is 13.6. The molecule has 1 heterocycles. The third-order valence-corrected chi connectivity index (χ3v) is 4.16. The molecule has 0 aromatic heterocycles. The van der Waals surface area contributed by atoms with Crippen molar-refractivity contribution in [1.82, 2.24) is 4.90 Å². The molecule has 1 aliphatic carbocycles. The Labute approximate surface area is 125 Å². The Bertz CT molecular complexity index is 445. The van der Waals surface area contributed by atoms with Crippen LogP contribution in [0, 0.1) is 0 Å². The van der Waals surface area contributed by atoms with Crippen LogP contribution in [0.5, 0.6) is 0 Å². The number of piperidine rings is 1. The smallest absolute Gasteiger partial charge is 0.329 e. The maximum atomic E-state index is 13.6. The Morgan fingerprint density at radius 1 is 1.23 bits per heavy atom. The van der Waals surface area contributed by atoms with Crippen molar-refractivity contribution < 1.29 is 31.9 Å². The van der Waals surface area contributed by atoms with Gasteiger partial charge in [0.25, 0.3) is 5.92 Å². The molecule has 22 heavy (non-hydrogen) atoms. The first-order valence-corrected chi connectivity index (χ1v) is 7.39. The number of carbonyl (C=O) groups is 2. The summed E-state index contributed by atoms with van der Waals surface area (Å²) in [4.78, 5) is 25.0. The quantitative estimate of drug-likeness (QED) is 0.592. The maximum Gasteiger partial charge on any atom is 0.329 e. The van der Waals surface area contributed by atoms with Gasteiger partial charge in [0.05, 0.1) is 13.0 Å². The van der Waals surface area contributed by atoms with Gasteiger partial charge in [-0.1, -0.05) is 0 Å². The lowest BCUT2D eigenvalue weighted by atomic mass is 9.87. The molecule has 2 aliphatic rings. The minimum absolute atomic E-state index is 0.000215. The molecule has 1 aliphatic heterocycles. The number of alkyl halides is 4. The van der Waals surface area contributed by atoms with Gasteiger partial charge in [-0.15, -0.1) is 0 Å². The largest absolute Gasteiger partial charge is 0.464 e. The van der Waals surface area contributed by atoms with Gasteiger partial charge < -0.3 is 9.64 Å². The van der Waals surface area contributed by atoms with Gasteiger partial charge in [0, 0.05) is 25.3 Å². The Kier molecular flexibility index (Phi) is 4.67. The van der Waals surface area contributed by atoms with Crippen LogP contribution >= 0.6 is 0 Å². The monoisotopic (exact) mass is 325 g/mol. The highest BCUT2D eigenvalue weighted by atomic mass is 19.3. The van der Waals surface area contributed by atoms with Crippen LogP contribution in [0.4, 0.5) is 17.6 Å². The van der Waals surface area contributed by atoms with E-state index in [0.29, 0.717) is 0 Å². The van der Waals surface area contributed by atoms with Crippen molar-refractivity contribution >= 4 is 11.9 Å². The van der Waals surface area contributed by atoms with E-state index in [1.165, 1.54) is 6.92 Å². The van der Waals surface area contributed by atoms with E-state index in [2.05, 4.69) is 0 Å². The number of likely N-dealkylation sites (tertiary alicyclic amines) is 1. The molecule has 1 unspecified atom stereocenters. The van der Waals surface area contributed by atoms with Crippen molar-refractivity contribution in [3.05, 3.63) is 0 Å². The molecule has 0 radical (unpaired) electrons. The number of nitrogens with zero attached hydrogens (tertiary/aromatic N) is 1. The van der Waals surface area contributed by atoms with E-state index >= 15 is 0 Å². The average molecular weight is 325 g/mol. The molecule has 0 N–H and O–H groups in total. The van der Waals surface area contributed by atoms with Crippen molar-refractivity contribution in [3.63, 3.8) is 0 Å². The van der Waals surface area contributed by atoms with Crippen molar-refractivity contribution in [3.8, 4) is 0 Å². The first-order valence-electron chi connectivity index (χ1n) is 7.39. The van der Waals surface area contributed by atoms with Crippen LogP contribution < -0.4 is 0 Å². The number of amides is 1. The summed E-state index contributed by atoms with van der Waals surface area (Å²) in [5.74, 6) is -7.83.